The molecule has 0 aliphatic heterocycles. The normalized spacial score (nSPS) is 11.3. The van der Waals surface area contributed by atoms with Gasteiger partial charge < -0.3 is 5.73 Å². The zero-order chi connectivity index (χ0) is 19.0. The third-order valence-corrected chi connectivity index (χ3v) is 5.14. The van der Waals surface area contributed by atoms with E-state index >= 15 is 0 Å². The lowest BCUT2D eigenvalue weighted by molar-refractivity contribution is 0.422. The number of thiophene rings is 1. The fourth-order valence-electron chi connectivity index (χ4n) is 2.81. The van der Waals surface area contributed by atoms with E-state index in [-0.39, 0.29) is 12.1 Å². The van der Waals surface area contributed by atoms with Crippen LogP contribution in [0.2, 0.25) is 5.02 Å². The molecule has 7 nitrogen and oxygen atoms in total. The second kappa shape index (κ2) is 7.09. The van der Waals surface area contributed by atoms with Gasteiger partial charge in [0.15, 0.2) is 0 Å². The van der Waals surface area contributed by atoms with Gasteiger partial charge in [-0.2, -0.15) is 9.78 Å². The number of fused-ring (bicyclic) bond motifs is 1. The average Bonchev–Trinajstić information content (AvgIpc) is 3.26. The SMILES string of the molecule is Nc1scc2c(Cc3cn(CC[18F])nn3)nn(-c3ccc(Cl)cc3)c(=O)c12. The van der Waals surface area contributed by atoms with Crippen molar-refractivity contribution in [1.29, 1.82) is 0 Å². The summed E-state index contributed by atoms with van der Waals surface area (Å²) in [6.45, 7) is -0.376. The average molecular weight is 404 g/mol. The Morgan fingerprint density at radius 1 is 1.26 bits per heavy atom. The van der Waals surface area contributed by atoms with Crippen molar-refractivity contribution in [2.24, 2.45) is 0 Å². The highest BCUT2D eigenvalue weighted by Crippen LogP contribution is 2.28. The van der Waals surface area contributed by atoms with Crippen molar-refractivity contribution in [2.75, 3.05) is 12.4 Å². The molecule has 10 heteroatoms. The predicted molar refractivity (Wildman–Crippen MR) is 103 cm³/mol. The lowest BCUT2D eigenvalue weighted by Crippen LogP contribution is -2.23. The summed E-state index contributed by atoms with van der Waals surface area (Å²) < 4.78 is 15.2. The van der Waals surface area contributed by atoms with Crippen LogP contribution in [-0.2, 0) is 13.0 Å². The Balaban J connectivity index is 1.85. The molecule has 2 N–H and O–H groups in total. The summed E-state index contributed by atoms with van der Waals surface area (Å²) in [7, 11) is 0. The second-order valence-corrected chi connectivity index (χ2v) is 7.22. The second-order valence-electron chi connectivity index (χ2n) is 5.87. The topological polar surface area (TPSA) is 91.6 Å². The summed E-state index contributed by atoms with van der Waals surface area (Å²) in [6.07, 6.45) is 2.01. The molecule has 4 rings (SSSR count). The van der Waals surface area contributed by atoms with Gasteiger partial charge in [-0.15, -0.1) is 16.4 Å². The van der Waals surface area contributed by atoms with E-state index in [9.17, 15) is 9.18 Å². The van der Waals surface area contributed by atoms with Gasteiger partial charge in [0.2, 0.25) is 0 Å². The maximum absolute atomic E-state index is 12.9. The van der Waals surface area contributed by atoms with Crippen LogP contribution in [0.25, 0.3) is 16.5 Å². The molecule has 3 aromatic heterocycles. The van der Waals surface area contributed by atoms with Crippen molar-refractivity contribution in [2.45, 2.75) is 13.0 Å². The maximum Gasteiger partial charge on any atom is 0.282 e. The fraction of sp³-hybridized carbons (Fsp3) is 0.176. The van der Waals surface area contributed by atoms with Crippen LogP contribution in [0.3, 0.4) is 0 Å². The Bertz CT molecular complexity index is 1170. The Kier molecular flexibility index (Phi) is 4.63. The van der Waals surface area contributed by atoms with E-state index < -0.39 is 6.67 Å². The van der Waals surface area contributed by atoms with E-state index in [1.807, 2.05) is 5.38 Å². The third-order valence-electron chi connectivity index (χ3n) is 4.08. The zero-order valence-corrected chi connectivity index (χ0v) is 15.5. The van der Waals surface area contributed by atoms with Crippen molar-refractivity contribution in [3.8, 4) is 5.69 Å². The number of hydrogen-bond donors (Lipinski definition) is 1. The number of anilines is 1. The summed E-state index contributed by atoms with van der Waals surface area (Å²) in [5.74, 6) is 0. The molecule has 4 aromatic rings. The molecule has 0 amide bonds. The molecule has 0 saturated carbocycles. The Morgan fingerprint density at radius 3 is 2.78 bits per heavy atom. The molecule has 3 heterocycles. The van der Waals surface area contributed by atoms with E-state index in [1.165, 1.54) is 20.7 Å². The maximum atomic E-state index is 12.9. The Labute approximate surface area is 161 Å². The van der Waals surface area contributed by atoms with Gasteiger partial charge in [0.1, 0.15) is 6.67 Å². The minimum Gasteiger partial charge on any atom is -0.390 e. The van der Waals surface area contributed by atoms with Crippen molar-refractivity contribution in [1.82, 2.24) is 24.8 Å². The number of nitrogens with zero attached hydrogens (tertiary/aromatic N) is 5. The number of hydrogen-bond acceptors (Lipinski definition) is 6. The van der Waals surface area contributed by atoms with Crippen LogP contribution in [0.1, 0.15) is 11.4 Å². The van der Waals surface area contributed by atoms with Crippen LogP contribution in [0, 0.1) is 0 Å². The molecular weight excluding hydrogens is 390 g/mol. The van der Waals surface area contributed by atoms with Gasteiger partial charge in [-0.05, 0) is 24.3 Å². The number of aromatic nitrogens is 5. The molecule has 0 unspecified atom stereocenters. The minimum absolute atomic E-state index is 0.144. The number of alkyl halides is 1. The van der Waals surface area contributed by atoms with Gasteiger partial charge >= 0.3 is 0 Å². The van der Waals surface area contributed by atoms with Crippen molar-refractivity contribution < 1.29 is 4.39 Å². The fourth-order valence-corrected chi connectivity index (χ4v) is 3.75. The molecule has 0 aliphatic rings. The van der Waals surface area contributed by atoms with Crippen molar-refractivity contribution >= 4 is 38.7 Å². The smallest absolute Gasteiger partial charge is 0.282 e. The highest BCUT2D eigenvalue weighted by Gasteiger charge is 2.17. The van der Waals surface area contributed by atoms with Crippen LogP contribution < -0.4 is 11.3 Å². The first-order chi connectivity index (χ1) is 13.1. The molecule has 27 heavy (non-hydrogen) atoms. The van der Waals surface area contributed by atoms with Crippen LogP contribution in [-0.4, -0.2) is 31.4 Å². The molecular formula is C17H14ClFN6OS. The van der Waals surface area contributed by atoms with E-state index in [0.29, 0.717) is 44.3 Å². The number of aryl methyl sites for hydroxylation is 1. The molecule has 0 atom stereocenters. The summed E-state index contributed by atoms with van der Waals surface area (Å²) in [4.78, 5) is 12.9. The minimum atomic E-state index is -0.520. The lowest BCUT2D eigenvalue weighted by atomic mass is 10.1. The largest absolute Gasteiger partial charge is 0.390 e. The molecule has 0 radical (unpaired) electrons. The van der Waals surface area contributed by atoms with E-state index in [1.54, 1.807) is 30.5 Å². The van der Waals surface area contributed by atoms with Gasteiger partial charge in [0, 0.05) is 28.4 Å². The van der Waals surface area contributed by atoms with Crippen LogP contribution in [0.4, 0.5) is 9.39 Å². The number of benzene rings is 1. The lowest BCUT2D eigenvalue weighted by Gasteiger charge is -2.09. The molecule has 0 bridgehead atoms. The highest BCUT2D eigenvalue weighted by molar-refractivity contribution is 7.15. The number of nitrogen functional groups attached to an aromatic ring is 1. The molecule has 0 fully saturated rings. The summed E-state index contributed by atoms with van der Waals surface area (Å²) >= 11 is 7.23. The predicted octanol–water partition coefficient (Wildman–Crippen LogP) is 2.83. The molecule has 1 aromatic carbocycles. The Hall–Kier alpha value is -2.78. The van der Waals surface area contributed by atoms with Gasteiger partial charge in [0.05, 0.1) is 34.0 Å². The first-order valence-electron chi connectivity index (χ1n) is 8.06. The van der Waals surface area contributed by atoms with Gasteiger partial charge in [-0.1, -0.05) is 16.8 Å². The number of nitrogens with two attached hydrogens (primary N) is 1. The first kappa shape index (κ1) is 17.6. The van der Waals surface area contributed by atoms with E-state index in [0.717, 1.165) is 0 Å². The number of halogens is 2. The Morgan fingerprint density at radius 2 is 2.04 bits per heavy atom. The molecule has 138 valence electrons. The first-order valence-corrected chi connectivity index (χ1v) is 9.32. The summed E-state index contributed by atoms with van der Waals surface area (Å²) in [5, 5.41) is 16.4. The van der Waals surface area contributed by atoms with Crippen LogP contribution >= 0.6 is 22.9 Å². The molecule has 0 saturated heterocycles. The molecule has 0 spiro atoms. The molecule has 0 aliphatic carbocycles. The van der Waals surface area contributed by atoms with Gasteiger partial charge in [-0.25, -0.2) is 9.07 Å². The van der Waals surface area contributed by atoms with Gasteiger partial charge in [0.25, 0.3) is 5.56 Å². The van der Waals surface area contributed by atoms with Crippen molar-refractivity contribution in [3.63, 3.8) is 0 Å². The van der Waals surface area contributed by atoms with E-state index in [2.05, 4.69) is 15.4 Å². The highest BCUT2D eigenvalue weighted by atomic mass is 35.5. The van der Waals surface area contributed by atoms with Crippen molar-refractivity contribution in [3.05, 3.63) is 62.6 Å². The number of rotatable bonds is 5. The summed E-state index contributed by atoms with van der Waals surface area (Å²) in [6, 6.07) is 6.81. The summed E-state index contributed by atoms with van der Waals surface area (Å²) in [5.41, 5.74) is 7.59. The monoisotopic (exact) mass is 403 g/mol. The third kappa shape index (κ3) is 3.31. The van der Waals surface area contributed by atoms with Crippen LogP contribution in [0.5, 0.6) is 0 Å². The standard InChI is InChI=1S/C17H14ClFN6OS/c18-10-1-3-12(4-2-10)25-17(26)15-13(9-27-16(15)20)14(22-25)7-11-8-24(6-5-19)23-21-11/h1-4,8-9H,5-7,20H2/i19-1. The zero-order valence-electron chi connectivity index (χ0n) is 14.0. The van der Waals surface area contributed by atoms with Crippen LogP contribution in [0.15, 0.2) is 40.6 Å². The quantitative estimate of drug-likeness (QED) is 0.553. The van der Waals surface area contributed by atoms with E-state index in [4.69, 9.17) is 17.3 Å². The van der Waals surface area contributed by atoms with Gasteiger partial charge in [-0.3, -0.25) is 4.79 Å².